The van der Waals surface area contributed by atoms with Crippen molar-refractivity contribution in [2.75, 3.05) is 0 Å². The normalized spacial score (nSPS) is 25.9. The van der Waals surface area contributed by atoms with Crippen molar-refractivity contribution in [2.24, 2.45) is 0 Å². The van der Waals surface area contributed by atoms with Crippen LogP contribution in [0.5, 0.6) is 0 Å². The molecule has 1 saturated heterocycles. The Morgan fingerprint density at radius 1 is 1.11 bits per heavy atom. The topological polar surface area (TPSA) is 47.9 Å². The van der Waals surface area contributed by atoms with Crippen LogP contribution >= 0.6 is 9.24 Å². The summed E-state index contributed by atoms with van der Waals surface area (Å²) in [7, 11) is 3.48. The first-order valence-corrected chi connectivity index (χ1v) is 6.74. The van der Waals surface area contributed by atoms with Gasteiger partial charge in [0, 0.05) is 0 Å². The third kappa shape index (κ3) is 3.29. The highest BCUT2D eigenvalue weighted by atomic mass is 31.0. The number of aliphatic hydroxyl groups is 1. The van der Waals surface area contributed by atoms with Crippen LogP contribution in [0.1, 0.15) is 48.5 Å². The summed E-state index contributed by atoms with van der Waals surface area (Å²) >= 11 is 0. The van der Waals surface area contributed by atoms with Crippen LogP contribution in [0.3, 0.4) is 0 Å². The molecule has 0 spiro atoms. The molecule has 1 fully saturated rings. The van der Waals surface area contributed by atoms with E-state index in [1.165, 1.54) is 7.37 Å². The lowest BCUT2D eigenvalue weighted by molar-refractivity contribution is -0.0449. The van der Waals surface area contributed by atoms with Crippen molar-refractivity contribution in [2.45, 2.75) is 70.6 Å². The van der Waals surface area contributed by atoms with Crippen molar-refractivity contribution in [3.05, 3.63) is 0 Å². The first kappa shape index (κ1) is 16.5. The lowest BCUT2D eigenvalue weighted by Gasteiger charge is -2.37. The second kappa shape index (κ2) is 4.75. The molecule has 0 aromatic rings. The van der Waals surface area contributed by atoms with Crippen molar-refractivity contribution in [3.8, 4) is 0 Å². The Morgan fingerprint density at radius 3 is 1.83 bits per heavy atom. The van der Waals surface area contributed by atoms with Crippen LogP contribution in [0.25, 0.3) is 0 Å². The quantitative estimate of drug-likeness (QED) is 0.624. The van der Waals surface area contributed by atoms with Gasteiger partial charge in [0.2, 0.25) is 0 Å². The Labute approximate surface area is 114 Å². The zero-order valence-electron chi connectivity index (χ0n) is 12.4. The fourth-order valence-electron chi connectivity index (χ4n) is 1.29. The molecular formula is C11H24B2O4P. The van der Waals surface area contributed by atoms with E-state index in [9.17, 15) is 5.11 Å². The Bertz CT molecular complexity index is 297. The van der Waals surface area contributed by atoms with E-state index in [2.05, 4.69) is 9.24 Å². The lowest BCUT2D eigenvalue weighted by Crippen LogP contribution is -2.48. The van der Waals surface area contributed by atoms with Crippen LogP contribution in [0.2, 0.25) is 0 Å². The summed E-state index contributed by atoms with van der Waals surface area (Å²) in [6, 6.07) is 0. The molecule has 0 bridgehead atoms. The van der Waals surface area contributed by atoms with Crippen LogP contribution in [-0.2, 0) is 14.0 Å². The molecule has 1 aliphatic heterocycles. The van der Waals surface area contributed by atoms with Gasteiger partial charge in [-0.1, -0.05) is 0 Å². The average Bonchev–Trinajstić information content (AvgIpc) is 2.30. The Kier molecular flexibility index (Phi) is 4.34. The van der Waals surface area contributed by atoms with Crippen molar-refractivity contribution in [1.82, 2.24) is 0 Å². The second-order valence-electron chi connectivity index (χ2n) is 6.54. The van der Waals surface area contributed by atoms with Gasteiger partial charge in [-0.2, -0.15) is 0 Å². The second-order valence-corrected chi connectivity index (χ2v) is 7.65. The van der Waals surface area contributed by atoms with Crippen LogP contribution < -0.4 is 0 Å². The van der Waals surface area contributed by atoms with Crippen molar-refractivity contribution < 1.29 is 19.1 Å². The van der Waals surface area contributed by atoms with Gasteiger partial charge in [0.1, 0.15) is 0 Å². The van der Waals surface area contributed by atoms with Crippen LogP contribution in [-0.4, -0.2) is 41.6 Å². The van der Waals surface area contributed by atoms with Crippen molar-refractivity contribution in [1.29, 1.82) is 0 Å². The predicted molar refractivity (Wildman–Crippen MR) is 77.3 cm³/mol. The first-order chi connectivity index (χ1) is 7.79. The molecule has 103 valence electrons. The Morgan fingerprint density at radius 2 is 1.50 bits per heavy atom. The highest BCUT2D eigenvalue weighted by Gasteiger charge is 2.52. The van der Waals surface area contributed by atoms with E-state index < -0.39 is 18.0 Å². The van der Waals surface area contributed by atoms with E-state index in [1.807, 2.05) is 27.7 Å². The van der Waals surface area contributed by atoms with E-state index in [0.29, 0.717) is 0 Å². The summed E-state index contributed by atoms with van der Waals surface area (Å²) in [5, 5.41) is 9.18. The largest absolute Gasteiger partial charge is 0.439 e. The first-order valence-electron chi connectivity index (χ1n) is 6.17. The van der Waals surface area contributed by atoms with E-state index >= 15 is 0 Å². The van der Waals surface area contributed by atoms with Gasteiger partial charge in [-0.25, -0.2) is 0 Å². The maximum Gasteiger partial charge on any atom is 0.439 e. The van der Waals surface area contributed by atoms with Gasteiger partial charge in [-0.05, 0) is 48.5 Å². The summed E-state index contributed by atoms with van der Waals surface area (Å²) in [4.78, 5) is 0. The van der Waals surface area contributed by atoms with Crippen molar-refractivity contribution >= 4 is 23.6 Å². The van der Waals surface area contributed by atoms with Gasteiger partial charge in [0.25, 0.3) is 0 Å². The fourth-order valence-corrected chi connectivity index (χ4v) is 1.36. The molecule has 18 heavy (non-hydrogen) atoms. The molecule has 0 aromatic carbocycles. The molecular weight excluding hydrogens is 249 g/mol. The highest BCUT2D eigenvalue weighted by molar-refractivity contribution is 7.19. The molecule has 1 heterocycles. The number of rotatable bonds is 4. The zero-order chi connectivity index (χ0) is 14.4. The van der Waals surface area contributed by atoms with Gasteiger partial charge >= 0.3 is 14.4 Å². The summed E-state index contributed by atoms with van der Waals surface area (Å²) in [6.45, 7) is 13.1. The van der Waals surface area contributed by atoms with Gasteiger partial charge in [0.15, 0.2) is 0 Å². The monoisotopic (exact) mass is 273 g/mol. The van der Waals surface area contributed by atoms with E-state index in [0.717, 1.165) is 0 Å². The number of hydrogen-bond donors (Lipinski definition) is 1. The van der Waals surface area contributed by atoms with Gasteiger partial charge in [-0.15, -0.1) is 9.24 Å². The van der Waals surface area contributed by atoms with E-state index in [4.69, 9.17) is 14.0 Å². The molecule has 2 unspecified atom stereocenters. The van der Waals surface area contributed by atoms with E-state index in [-0.39, 0.29) is 11.2 Å². The smallest absolute Gasteiger partial charge is 0.432 e. The van der Waals surface area contributed by atoms with Crippen LogP contribution in [0.15, 0.2) is 0 Å². The molecule has 1 aliphatic rings. The fraction of sp³-hybridized carbons (Fsp3) is 1.00. The molecule has 1 N–H and O–H groups in total. The standard InChI is InChI=1S/C11H24B2O4P/c1-8(2,14)11(7,18)15-12-13-16-9(3,4)10(5,6)17-13/h14H,18H2,1-7H3. The maximum atomic E-state index is 9.98. The molecule has 4 nitrogen and oxygen atoms in total. The summed E-state index contributed by atoms with van der Waals surface area (Å²) in [5.74, 6) is 0. The van der Waals surface area contributed by atoms with Crippen LogP contribution in [0.4, 0.5) is 0 Å². The molecule has 0 aliphatic carbocycles. The summed E-state index contributed by atoms with van der Waals surface area (Å²) in [6.07, 6.45) is 0. The maximum absolute atomic E-state index is 9.98. The molecule has 2 atom stereocenters. The SMILES string of the molecule is CC(C)(O)C(C)(P)O[B]B1OC(C)(C)C(C)(C)O1. The summed E-state index contributed by atoms with van der Waals surface area (Å²) in [5.41, 5.74) is -1.76. The van der Waals surface area contributed by atoms with Gasteiger partial charge < -0.3 is 19.1 Å². The average molecular weight is 273 g/mol. The molecule has 7 heteroatoms. The molecule has 1 radical (unpaired) electrons. The molecule has 1 rings (SSSR count). The lowest BCUT2D eigenvalue weighted by atomic mass is 9.56. The number of hydrogen-bond acceptors (Lipinski definition) is 4. The zero-order valence-corrected chi connectivity index (χ0v) is 13.6. The minimum absolute atomic E-state index is 0.385. The van der Waals surface area contributed by atoms with Crippen molar-refractivity contribution in [3.63, 3.8) is 0 Å². The Hall–Kier alpha value is 0.400. The summed E-state index contributed by atoms with van der Waals surface area (Å²) < 4.78 is 17.2. The minimum Gasteiger partial charge on any atom is -0.432 e. The third-order valence-corrected chi connectivity index (χ3v) is 4.75. The Balaban J connectivity index is 2.58. The van der Waals surface area contributed by atoms with Gasteiger partial charge in [0.05, 0.1) is 22.1 Å². The van der Waals surface area contributed by atoms with Crippen LogP contribution in [0, 0.1) is 0 Å². The van der Waals surface area contributed by atoms with Gasteiger partial charge in [-0.3, -0.25) is 0 Å². The predicted octanol–water partition coefficient (Wildman–Crippen LogP) is 1.57. The third-order valence-electron chi connectivity index (χ3n) is 3.91. The van der Waals surface area contributed by atoms with E-state index in [1.54, 1.807) is 20.8 Å². The molecule has 0 saturated carbocycles. The molecule has 0 aromatic heterocycles. The molecule has 0 amide bonds. The highest BCUT2D eigenvalue weighted by Crippen LogP contribution is 2.37. The minimum atomic E-state index is -0.988.